The number of rotatable bonds is 2. The van der Waals surface area contributed by atoms with Crippen LogP contribution in [0.4, 0.5) is 4.39 Å². The minimum atomic E-state index is -0.836. The van der Waals surface area contributed by atoms with Gasteiger partial charge < -0.3 is 4.74 Å². The van der Waals surface area contributed by atoms with Crippen molar-refractivity contribution in [1.29, 1.82) is 0 Å². The second kappa shape index (κ2) is 4.32. The van der Waals surface area contributed by atoms with Crippen LogP contribution in [0.15, 0.2) is 0 Å². The third-order valence-electron chi connectivity index (χ3n) is 1.46. The van der Waals surface area contributed by atoms with Gasteiger partial charge >= 0.3 is 5.97 Å². The number of hydrogen-bond donors (Lipinski definition) is 0. The van der Waals surface area contributed by atoms with Gasteiger partial charge in [-0.2, -0.15) is 0 Å². The molecule has 1 aromatic rings. The lowest BCUT2D eigenvalue weighted by Crippen LogP contribution is -2.12. The Hall–Kier alpha value is -1.23. The highest BCUT2D eigenvalue weighted by atomic mass is 35.5. The Morgan fingerprint density at radius 2 is 2.21 bits per heavy atom. The van der Waals surface area contributed by atoms with Crippen molar-refractivity contribution in [1.82, 2.24) is 9.97 Å². The Bertz CT molecular complexity index is 371. The summed E-state index contributed by atoms with van der Waals surface area (Å²) in [5.41, 5.74) is -0.405. The van der Waals surface area contributed by atoms with E-state index >= 15 is 0 Å². The zero-order chi connectivity index (χ0) is 10.7. The van der Waals surface area contributed by atoms with Crippen LogP contribution in [-0.2, 0) is 4.74 Å². The van der Waals surface area contributed by atoms with E-state index < -0.39 is 17.5 Å². The van der Waals surface area contributed by atoms with Gasteiger partial charge in [0.25, 0.3) is 0 Å². The Balaban J connectivity index is 3.13. The van der Waals surface area contributed by atoms with E-state index in [2.05, 4.69) is 14.7 Å². The molecule has 76 valence electrons. The molecule has 1 rings (SSSR count). The molecule has 0 amide bonds. The van der Waals surface area contributed by atoms with Gasteiger partial charge in [-0.05, 0) is 25.4 Å². The summed E-state index contributed by atoms with van der Waals surface area (Å²) in [6, 6.07) is 0. The maximum atomic E-state index is 13.3. The molecule has 0 saturated carbocycles. The SMILES string of the molecule is CCOC(=O)c1nc(Cl)nc(C)c1F. The van der Waals surface area contributed by atoms with Gasteiger partial charge in [0, 0.05) is 0 Å². The summed E-state index contributed by atoms with van der Waals surface area (Å²) in [5.74, 6) is -1.63. The van der Waals surface area contributed by atoms with E-state index in [-0.39, 0.29) is 17.6 Å². The van der Waals surface area contributed by atoms with E-state index in [1.54, 1.807) is 6.92 Å². The average Bonchev–Trinajstić information content (AvgIpc) is 2.11. The summed E-state index contributed by atoms with van der Waals surface area (Å²) >= 11 is 5.47. The number of nitrogens with zero attached hydrogens (tertiary/aromatic N) is 2. The van der Waals surface area contributed by atoms with Crippen molar-refractivity contribution >= 4 is 17.6 Å². The third kappa shape index (κ3) is 2.17. The van der Waals surface area contributed by atoms with Crippen LogP contribution < -0.4 is 0 Å². The van der Waals surface area contributed by atoms with Crippen LogP contribution in [0.5, 0.6) is 0 Å². The van der Waals surface area contributed by atoms with E-state index in [0.717, 1.165) is 0 Å². The smallest absolute Gasteiger partial charge is 0.360 e. The third-order valence-corrected chi connectivity index (χ3v) is 1.63. The van der Waals surface area contributed by atoms with Crippen LogP contribution in [0, 0.1) is 12.7 Å². The summed E-state index contributed by atoms with van der Waals surface area (Å²) in [4.78, 5) is 18.2. The first-order valence-electron chi connectivity index (χ1n) is 3.93. The van der Waals surface area contributed by atoms with Crippen molar-refractivity contribution in [3.8, 4) is 0 Å². The minimum absolute atomic E-state index is 0.0213. The number of aromatic nitrogens is 2. The highest BCUT2D eigenvalue weighted by molar-refractivity contribution is 6.28. The fraction of sp³-hybridized carbons (Fsp3) is 0.375. The second-order valence-electron chi connectivity index (χ2n) is 2.46. The Morgan fingerprint density at radius 1 is 1.57 bits per heavy atom. The minimum Gasteiger partial charge on any atom is -0.461 e. The molecule has 0 bridgehead atoms. The van der Waals surface area contributed by atoms with Crippen molar-refractivity contribution in [3.05, 3.63) is 22.5 Å². The maximum Gasteiger partial charge on any atom is 0.360 e. The van der Waals surface area contributed by atoms with Gasteiger partial charge in [-0.1, -0.05) is 0 Å². The molecule has 0 N–H and O–H groups in total. The Morgan fingerprint density at radius 3 is 2.79 bits per heavy atom. The van der Waals surface area contributed by atoms with Gasteiger partial charge in [0.05, 0.1) is 12.3 Å². The first-order chi connectivity index (χ1) is 6.56. The monoisotopic (exact) mass is 218 g/mol. The molecule has 0 aromatic carbocycles. The Kier molecular flexibility index (Phi) is 3.35. The van der Waals surface area contributed by atoms with Crippen molar-refractivity contribution in [2.75, 3.05) is 6.61 Å². The predicted octanol–water partition coefficient (Wildman–Crippen LogP) is 1.75. The van der Waals surface area contributed by atoms with Crippen molar-refractivity contribution in [2.45, 2.75) is 13.8 Å². The molecule has 0 atom stereocenters. The molecule has 6 heteroatoms. The van der Waals surface area contributed by atoms with Gasteiger partial charge in [-0.25, -0.2) is 19.2 Å². The number of aryl methyl sites for hydroxylation is 1. The van der Waals surface area contributed by atoms with Crippen LogP contribution in [0.3, 0.4) is 0 Å². The van der Waals surface area contributed by atoms with E-state index in [4.69, 9.17) is 11.6 Å². The molecule has 0 saturated heterocycles. The quantitative estimate of drug-likeness (QED) is 0.561. The predicted molar refractivity (Wildman–Crippen MR) is 47.7 cm³/mol. The molecule has 0 aliphatic carbocycles. The molecular formula is C8H8ClFN2O2. The fourth-order valence-electron chi connectivity index (χ4n) is 0.860. The molecule has 14 heavy (non-hydrogen) atoms. The molecule has 0 aliphatic heterocycles. The topological polar surface area (TPSA) is 52.1 Å². The van der Waals surface area contributed by atoms with Crippen LogP contribution in [-0.4, -0.2) is 22.5 Å². The number of esters is 1. The largest absolute Gasteiger partial charge is 0.461 e. The number of carbonyl (C=O) groups is 1. The Labute approximate surface area is 85.1 Å². The summed E-state index contributed by atoms with van der Waals surface area (Å²) in [6.07, 6.45) is 0. The lowest BCUT2D eigenvalue weighted by Gasteiger charge is -2.03. The summed E-state index contributed by atoms with van der Waals surface area (Å²) in [5, 5.41) is -0.174. The zero-order valence-corrected chi connectivity index (χ0v) is 8.43. The zero-order valence-electron chi connectivity index (χ0n) is 7.67. The standard InChI is InChI=1S/C8H8ClFN2O2/c1-3-14-7(13)6-5(10)4(2)11-8(9)12-6/h3H2,1-2H3. The molecule has 1 heterocycles. The van der Waals surface area contributed by atoms with E-state index in [9.17, 15) is 9.18 Å². The lowest BCUT2D eigenvalue weighted by molar-refractivity contribution is 0.0513. The molecular weight excluding hydrogens is 211 g/mol. The fourth-order valence-corrected chi connectivity index (χ4v) is 1.07. The van der Waals surface area contributed by atoms with Crippen molar-refractivity contribution < 1.29 is 13.9 Å². The number of hydrogen-bond acceptors (Lipinski definition) is 4. The van der Waals surface area contributed by atoms with Gasteiger partial charge in [0.15, 0.2) is 11.5 Å². The van der Waals surface area contributed by atoms with E-state index in [1.807, 2.05) is 0 Å². The van der Waals surface area contributed by atoms with Gasteiger partial charge in [-0.15, -0.1) is 0 Å². The normalized spacial score (nSPS) is 10.0. The van der Waals surface area contributed by atoms with E-state index in [1.165, 1.54) is 6.92 Å². The van der Waals surface area contributed by atoms with Crippen LogP contribution in [0.2, 0.25) is 5.28 Å². The number of carbonyl (C=O) groups excluding carboxylic acids is 1. The van der Waals surface area contributed by atoms with Crippen LogP contribution in [0.1, 0.15) is 23.1 Å². The average molecular weight is 219 g/mol. The molecule has 0 unspecified atom stereocenters. The van der Waals surface area contributed by atoms with Gasteiger partial charge in [0.1, 0.15) is 0 Å². The van der Waals surface area contributed by atoms with E-state index in [0.29, 0.717) is 0 Å². The molecule has 0 fully saturated rings. The second-order valence-corrected chi connectivity index (χ2v) is 2.80. The van der Waals surface area contributed by atoms with Gasteiger partial charge in [-0.3, -0.25) is 0 Å². The highest BCUT2D eigenvalue weighted by Crippen LogP contribution is 2.12. The summed E-state index contributed by atoms with van der Waals surface area (Å²) in [7, 11) is 0. The molecule has 4 nitrogen and oxygen atoms in total. The summed E-state index contributed by atoms with van der Waals surface area (Å²) < 4.78 is 17.9. The highest BCUT2D eigenvalue weighted by Gasteiger charge is 2.18. The first-order valence-corrected chi connectivity index (χ1v) is 4.30. The molecule has 1 aromatic heterocycles. The van der Waals surface area contributed by atoms with Crippen LogP contribution >= 0.6 is 11.6 Å². The molecule has 0 aliphatic rings. The van der Waals surface area contributed by atoms with Crippen LogP contribution in [0.25, 0.3) is 0 Å². The number of ether oxygens (including phenoxy) is 1. The molecule has 0 radical (unpaired) electrons. The van der Waals surface area contributed by atoms with Crippen molar-refractivity contribution in [2.24, 2.45) is 0 Å². The first kappa shape index (κ1) is 10.8. The summed E-state index contributed by atoms with van der Waals surface area (Å²) in [6.45, 7) is 3.16. The number of halogens is 2. The van der Waals surface area contributed by atoms with Crippen molar-refractivity contribution in [3.63, 3.8) is 0 Å². The maximum absolute atomic E-state index is 13.3. The van der Waals surface area contributed by atoms with Gasteiger partial charge in [0.2, 0.25) is 5.28 Å². The molecule has 0 spiro atoms. The lowest BCUT2D eigenvalue weighted by atomic mass is 10.3.